The SMILES string of the molecule is CCOc1ccc(C(=O)N2CCN(Cc3ccc4c(c3)OCO4)CC2)cc1OCC. The number of rotatable bonds is 7. The fourth-order valence-electron chi connectivity index (χ4n) is 3.77. The van der Waals surface area contributed by atoms with Crippen molar-refractivity contribution in [2.45, 2.75) is 20.4 Å². The van der Waals surface area contributed by atoms with Gasteiger partial charge in [-0.05, 0) is 49.7 Å². The predicted octanol–water partition coefficient (Wildman–Crippen LogP) is 3.17. The number of hydrogen-bond acceptors (Lipinski definition) is 6. The molecule has 2 heterocycles. The predicted molar refractivity (Wildman–Crippen MR) is 113 cm³/mol. The second-order valence-corrected chi connectivity index (χ2v) is 7.28. The van der Waals surface area contributed by atoms with Crippen molar-refractivity contribution >= 4 is 5.91 Å². The number of piperazine rings is 1. The molecule has 7 heteroatoms. The first-order chi connectivity index (χ1) is 14.7. The molecule has 2 aromatic rings. The summed E-state index contributed by atoms with van der Waals surface area (Å²) in [6, 6.07) is 11.5. The van der Waals surface area contributed by atoms with Gasteiger partial charge in [0.15, 0.2) is 23.0 Å². The Bertz CT molecular complexity index is 893. The summed E-state index contributed by atoms with van der Waals surface area (Å²) < 4.78 is 22.1. The lowest BCUT2D eigenvalue weighted by molar-refractivity contribution is 0.0628. The number of amides is 1. The minimum Gasteiger partial charge on any atom is -0.490 e. The van der Waals surface area contributed by atoms with Crippen LogP contribution in [0.5, 0.6) is 23.0 Å². The van der Waals surface area contributed by atoms with Crippen molar-refractivity contribution in [1.82, 2.24) is 9.80 Å². The molecule has 2 aromatic carbocycles. The minimum absolute atomic E-state index is 0.0294. The molecule has 0 bridgehead atoms. The molecule has 0 aliphatic carbocycles. The Kier molecular flexibility index (Phi) is 6.28. The molecule has 1 saturated heterocycles. The normalized spacial score (nSPS) is 15.9. The number of nitrogens with zero attached hydrogens (tertiary/aromatic N) is 2. The summed E-state index contributed by atoms with van der Waals surface area (Å²) in [6.07, 6.45) is 0. The summed E-state index contributed by atoms with van der Waals surface area (Å²) in [7, 11) is 0. The van der Waals surface area contributed by atoms with Crippen LogP contribution in [-0.2, 0) is 6.54 Å². The average Bonchev–Trinajstić information content (AvgIpc) is 3.23. The molecule has 0 aromatic heterocycles. The van der Waals surface area contributed by atoms with Crippen molar-refractivity contribution in [3.05, 3.63) is 47.5 Å². The molecular weight excluding hydrogens is 384 g/mol. The van der Waals surface area contributed by atoms with Crippen LogP contribution in [0, 0.1) is 0 Å². The maximum Gasteiger partial charge on any atom is 0.254 e. The highest BCUT2D eigenvalue weighted by molar-refractivity contribution is 5.95. The van der Waals surface area contributed by atoms with E-state index in [4.69, 9.17) is 18.9 Å². The van der Waals surface area contributed by atoms with E-state index in [0.717, 1.165) is 31.1 Å². The third-order valence-corrected chi connectivity index (χ3v) is 5.29. The second kappa shape index (κ2) is 9.26. The largest absolute Gasteiger partial charge is 0.490 e. The standard InChI is InChI=1S/C23H28N2O5/c1-3-27-19-8-6-18(14-22(19)28-4-2)23(26)25-11-9-24(10-12-25)15-17-5-7-20-21(13-17)30-16-29-20/h5-8,13-14H,3-4,9-12,15-16H2,1-2H3. The van der Waals surface area contributed by atoms with E-state index in [1.807, 2.05) is 43.0 Å². The Morgan fingerprint density at radius 3 is 2.40 bits per heavy atom. The molecular formula is C23H28N2O5. The van der Waals surface area contributed by atoms with Gasteiger partial charge < -0.3 is 23.8 Å². The Hall–Kier alpha value is -2.93. The number of fused-ring (bicyclic) bond motifs is 1. The van der Waals surface area contributed by atoms with Gasteiger partial charge in [0.05, 0.1) is 13.2 Å². The van der Waals surface area contributed by atoms with E-state index in [1.54, 1.807) is 6.07 Å². The number of ether oxygens (including phenoxy) is 4. The van der Waals surface area contributed by atoms with Gasteiger partial charge in [-0.3, -0.25) is 9.69 Å². The van der Waals surface area contributed by atoms with Gasteiger partial charge in [-0.1, -0.05) is 6.07 Å². The van der Waals surface area contributed by atoms with Crippen molar-refractivity contribution in [1.29, 1.82) is 0 Å². The molecule has 0 spiro atoms. The Labute approximate surface area is 177 Å². The van der Waals surface area contributed by atoms with Crippen LogP contribution in [0.15, 0.2) is 36.4 Å². The number of carbonyl (C=O) groups is 1. The quantitative estimate of drug-likeness (QED) is 0.696. The van der Waals surface area contributed by atoms with Gasteiger partial charge in [-0.2, -0.15) is 0 Å². The molecule has 0 atom stereocenters. The third kappa shape index (κ3) is 4.46. The van der Waals surface area contributed by atoms with E-state index in [-0.39, 0.29) is 12.7 Å². The zero-order chi connectivity index (χ0) is 20.9. The van der Waals surface area contributed by atoms with Gasteiger partial charge in [-0.15, -0.1) is 0 Å². The van der Waals surface area contributed by atoms with E-state index < -0.39 is 0 Å². The van der Waals surface area contributed by atoms with E-state index in [1.165, 1.54) is 5.56 Å². The molecule has 7 nitrogen and oxygen atoms in total. The fourth-order valence-corrected chi connectivity index (χ4v) is 3.77. The molecule has 0 radical (unpaired) electrons. The summed E-state index contributed by atoms with van der Waals surface area (Å²) in [4.78, 5) is 17.3. The van der Waals surface area contributed by atoms with Crippen molar-refractivity contribution in [2.75, 3.05) is 46.2 Å². The molecule has 160 valence electrons. The van der Waals surface area contributed by atoms with Crippen molar-refractivity contribution in [3.8, 4) is 23.0 Å². The third-order valence-electron chi connectivity index (χ3n) is 5.29. The summed E-state index contributed by atoms with van der Waals surface area (Å²) in [5.74, 6) is 2.93. The van der Waals surface area contributed by atoms with Crippen LogP contribution in [0.2, 0.25) is 0 Å². The number of carbonyl (C=O) groups excluding carboxylic acids is 1. The molecule has 0 N–H and O–H groups in total. The van der Waals surface area contributed by atoms with Gasteiger partial charge in [0, 0.05) is 38.3 Å². The molecule has 0 saturated carbocycles. The maximum absolute atomic E-state index is 13.0. The molecule has 2 aliphatic heterocycles. The van der Waals surface area contributed by atoms with Crippen LogP contribution in [0.25, 0.3) is 0 Å². The Morgan fingerprint density at radius 1 is 0.900 bits per heavy atom. The summed E-state index contributed by atoms with van der Waals surface area (Å²) >= 11 is 0. The maximum atomic E-state index is 13.0. The number of benzene rings is 2. The summed E-state index contributed by atoms with van der Waals surface area (Å²) in [5, 5.41) is 0. The van der Waals surface area contributed by atoms with Crippen molar-refractivity contribution in [2.24, 2.45) is 0 Å². The summed E-state index contributed by atoms with van der Waals surface area (Å²) in [5.41, 5.74) is 1.82. The first-order valence-electron chi connectivity index (χ1n) is 10.5. The number of hydrogen-bond donors (Lipinski definition) is 0. The minimum atomic E-state index is 0.0294. The molecule has 0 unspecified atom stereocenters. The lowest BCUT2D eigenvalue weighted by Crippen LogP contribution is -2.48. The highest BCUT2D eigenvalue weighted by atomic mass is 16.7. The van der Waals surface area contributed by atoms with E-state index >= 15 is 0 Å². The van der Waals surface area contributed by atoms with Crippen LogP contribution in [0.1, 0.15) is 29.8 Å². The van der Waals surface area contributed by atoms with Crippen LogP contribution in [-0.4, -0.2) is 61.9 Å². The summed E-state index contributed by atoms with van der Waals surface area (Å²) in [6.45, 7) is 9.09. The smallest absolute Gasteiger partial charge is 0.254 e. The Balaban J connectivity index is 1.35. The van der Waals surface area contributed by atoms with Crippen molar-refractivity contribution < 1.29 is 23.7 Å². The van der Waals surface area contributed by atoms with Crippen LogP contribution >= 0.6 is 0 Å². The van der Waals surface area contributed by atoms with Crippen molar-refractivity contribution in [3.63, 3.8) is 0 Å². The monoisotopic (exact) mass is 412 g/mol. The Morgan fingerprint density at radius 2 is 1.63 bits per heavy atom. The molecule has 2 aliphatic rings. The molecule has 1 fully saturated rings. The van der Waals surface area contributed by atoms with Gasteiger partial charge in [-0.25, -0.2) is 0 Å². The van der Waals surface area contributed by atoms with Crippen LogP contribution < -0.4 is 18.9 Å². The first kappa shape index (κ1) is 20.3. The highest BCUT2D eigenvalue weighted by Crippen LogP contribution is 2.33. The lowest BCUT2D eigenvalue weighted by atomic mass is 10.1. The topological polar surface area (TPSA) is 60.5 Å². The second-order valence-electron chi connectivity index (χ2n) is 7.28. The lowest BCUT2D eigenvalue weighted by Gasteiger charge is -2.35. The first-order valence-corrected chi connectivity index (χ1v) is 10.5. The van der Waals surface area contributed by atoms with Crippen LogP contribution in [0.4, 0.5) is 0 Å². The fraction of sp³-hybridized carbons (Fsp3) is 0.435. The molecule has 1 amide bonds. The van der Waals surface area contributed by atoms with Gasteiger partial charge in [0.2, 0.25) is 6.79 Å². The van der Waals surface area contributed by atoms with Gasteiger partial charge in [0.25, 0.3) is 5.91 Å². The van der Waals surface area contributed by atoms with Crippen LogP contribution in [0.3, 0.4) is 0 Å². The van der Waals surface area contributed by atoms with Gasteiger partial charge in [0.1, 0.15) is 0 Å². The van der Waals surface area contributed by atoms with E-state index in [9.17, 15) is 4.79 Å². The molecule has 30 heavy (non-hydrogen) atoms. The average molecular weight is 412 g/mol. The zero-order valence-electron chi connectivity index (χ0n) is 17.6. The van der Waals surface area contributed by atoms with E-state index in [2.05, 4.69) is 11.0 Å². The zero-order valence-corrected chi connectivity index (χ0v) is 17.6. The highest BCUT2D eigenvalue weighted by Gasteiger charge is 2.24. The molecule has 4 rings (SSSR count). The van der Waals surface area contributed by atoms with Gasteiger partial charge >= 0.3 is 0 Å². The van der Waals surface area contributed by atoms with E-state index in [0.29, 0.717) is 43.4 Å².